The molecule has 1 aromatic rings. The molecule has 2 N–H and O–H groups in total. The Bertz CT molecular complexity index is 882. The molecular formula is C22H28N6O2. The van der Waals surface area contributed by atoms with Crippen molar-refractivity contribution in [3.8, 4) is 6.19 Å². The number of anilines is 1. The average Bonchev–Trinajstić information content (AvgIpc) is 3.37. The monoisotopic (exact) mass is 408 g/mol. The van der Waals surface area contributed by atoms with Crippen LogP contribution in [0.5, 0.6) is 0 Å². The van der Waals surface area contributed by atoms with Crippen LogP contribution in [0.3, 0.4) is 0 Å². The highest BCUT2D eigenvalue weighted by Crippen LogP contribution is 2.44. The summed E-state index contributed by atoms with van der Waals surface area (Å²) >= 11 is 0. The van der Waals surface area contributed by atoms with Gasteiger partial charge < -0.3 is 15.1 Å². The summed E-state index contributed by atoms with van der Waals surface area (Å²) in [4.78, 5) is 33.9. The number of aryl methyl sites for hydroxylation is 1. The molecule has 8 heteroatoms. The van der Waals surface area contributed by atoms with Gasteiger partial charge in [0, 0.05) is 25.3 Å². The normalized spacial score (nSPS) is 25.9. The lowest BCUT2D eigenvalue weighted by Crippen LogP contribution is -2.45. The maximum Gasteiger partial charge on any atom is 0.247 e. The Kier molecular flexibility index (Phi) is 5.88. The number of rotatable bonds is 4. The molecular weight excluding hydrogens is 380 g/mol. The number of carbonyl (C=O) groups is 2. The fraction of sp³-hybridized carbons (Fsp3) is 0.545. The standard InChI is InChI=1S/C22H28N6O2/c1-15-5-4-6-18(9-15)25-22(24-14-23)26-19-7-2-3-8-27(21(19)30)13-20(29)28-11-16-10-17(16)12-28/h4-6,9,16-17,19H,2-3,7-8,10-13H2,1H3,(H2,24,25,26)/t16?,17?,19-/m0/s1. The molecule has 8 nitrogen and oxygen atoms in total. The molecule has 0 radical (unpaired) electrons. The van der Waals surface area contributed by atoms with Gasteiger partial charge in [-0.15, -0.1) is 0 Å². The van der Waals surface area contributed by atoms with Crippen molar-refractivity contribution >= 4 is 23.5 Å². The van der Waals surface area contributed by atoms with Gasteiger partial charge in [0.1, 0.15) is 6.04 Å². The van der Waals surface area contributed by atoms with Crippen LogP contribution in [0.4, 0.5) is 5.69 Å². The first kappa shape index (κ1) is 20.2. The van der Waals surface area contributed by atoms with Gasteiger partial charge in [0.15, 0.2) is 6.19 Å². The predicted molar refractivity (Wildman–Crippen MR) is 113 cm³/mol. The van der Waals surface area contributed by atoms with Gasteiger partial charge in [-0.2, -0.15) is 5.26 Å². The Hall–Kier alpha value is -3.08. The minimum Gasteiger partial charge on any atom is -0.341 e. The number of likely N-dealkylation sites (tertiary alicyclic amines) is 2. The van der Waals surface area contributed by atoms with E-state index >= 15 is 0 Å². The first-order chi connectivity index (χ1) is 14.5. The van der Waals surface area contributed by atoms with Gasteiger partial charge in [0.2, 0.25) is 17.8 Å². The molecule has 4 rings (SSSR count). The number of nitrogens with one attached hydrogen (secondary N) is 2. The average molecular weight is 409 g/mol. The molecule has 3 fully saturated rings. The molecule has 0 aromatic heterocycles. The second kappa shape index (κ2) is 8.74. The zero-order valence-corrected chi connectivity index (χ0v) is 17.3. The SMILES string of the molecule is Cc1cccc(NC(=N[C@H]2CCCCN(CC(=O)N3CC4CC4C3)C2=O)NC#N)c1. The molecule has 158 valence electrons. The summed E-state index contributed by atoms with van der Waals surface area (Å²) in [6.07, 6.45) is 5.42. The van der Waals surface area contributed by atoms with Crippen LogP contribution in [-0.2, 0) is 9.59 Å². The van der Waals surface area contributed by atoms with E-state index in [0.29, 0.717) is 24.8 Å². The zero-order chi connectivity index (χ0) is 21.1. The third kappa shape index (κ3) is 4.73. The highest BCUT2D eigenvalue weighted by atomic mass is 16.2. The second-order valence-corrected chi connectivity index (χ2v) is 8.53. The van der Waals surface area contributed by atoms with Crippen molar-refractivity contribution < 1.29 is 9.59 Å². The Morgan fingerprint density at radius 1 is 1.30 bits per heavy atom. The molecule has 2 amide bonds. The molecule has 0 spiro atoms. The second-order valence-electron chi connectivity index (χ2n) is 8.53. The largest absolute Gasteiger partial charge is 0.341 e. The third-order valence-corrected chi connectivity index (χ3v) is 6.15. The van der Waals surface area contributed by atoms with Crippen LogP contribution in [0, 0.1) is 30.2 Å². The lowest BCUT2D eigenvalue weighted by Gasteiger charge is -2.26. The summed E-state index contributed by atoms with van der Waals surface area (Å²) in [7, 11) is 0. The maximum absolute atomic E-state index is 13.1. The van der Waals surface area contributed by atoms with Crippen molar-refractivity contribution in [2.45, 2.75) is 38.6 Å². The summed E-state index contributed by atoms with van der Waals surface area (Å²) in [5.41, 5.74) is 1.86. The molecule has 1 saturated carbocycles. The van der Waals surface area contributed by atoms with Crippen LogP contribution in [0.1, 0.15) is 31.2 Å². The molecule has 2 saturated heterocycles. The Morgan fingerprint density at radius 2 is 2.10 bits per heavy atom. The van der Waals surface area contributed by atoms with E-state index in [9.17, 15) is 9.59 Å². The number of fused-ring (bicyclic) bond motifs is 1. The van der Waals surface area contributed by atoms with E-state index in [-0.39, 0.29) is 24.3 Å². The topological polar surface area (TPSA) is 101 Å². The lowest BCUT2D eigenvalue weighted by molar-refractivity contribution is -0.140. The van der Waals surface area contributed by atoms with Gasteiger partial charge >= 0.3 is 0 Å². The summed E-state index contributed by atoms with van der Waals surface area (Å²) in [5, 5.41) is 14.7. The number of nitrogens with zero attached hydrogens (tertiary/aromatic N) is 4. The van der Waals surface area contributed by atoms with Crippen molar-refractivity contribution in [1.29, 1.82) is 5.26 Å². The molecule has 2 aliphatic heterocycles. The number of nitriles is 1. The van der Waals surface area contributed by atoms with E-state index in [2.05, 4.69) is 15.6 Å². The Morgan fingerprint density at radius 3 is 2.83 bits per heavy atom. The van der Waals surface area contributed by atoms with Gasteiger partial charge in [0.05, 0.1) is 6.54 Å². The highest BCUT2D eigenvalue weighted by Gasteiger charge is 2.46. The van der Waals surface area contributed by atoms with Gasteiger partial charge in [-0.25, -0.2) is 4.99 Å². The van der Waals surface area contributed by atoms with Crippen molar-refractivity contribution in [1.82, 2.24) is 15.1 Å². The van der Waals surface area contributed by atoms with Crippen LogP contribution in [0.15, 0.2) is 29.3 Å². The summed E-state index contributed by atoms with van der Waals surface area (Å²) in [6.45, 7) is 4.35. The Balaban J connectivity index is 1.44. The zero-order valence-electron chi connectivity index (χ0n) is 17.3. The number of piperidine rings is 1. The van der Waals surface area contributed by atoms with Gasteiger partial charge in [-0.05, 0) is 62.1 Å². The molecule has 2 unspecified atom stereocenters. The smallest absolute Gasteiger partial charge is 0.247 e. The summed E-state index contributed by atoms with van der Waals surface area (Å²) < 4.78 is 0. The number of hydrogen-bond acceptors (Lipinski definition) is 4. The number of aliphatic imine (C=N–C) groups is 1. The minimum atomic E-state index is -0.611. The molecule has 3 atom stereocenters. The van der Waals surface area contributed by atoms with E-state index in [1.54, 1.807) is 4.90 Å². The maximum atomic E-state index is 13.1. The highest BCUT2D eigenvalue weighted by molar-refractivity contribution is 5.97. The lowest BCUT2D eigenvalue weighted by atomic mass is 10.1. The molecule has 1 aromatic carbocycles. The van der Waals surface area contributed by atoms with Crippen LogP contribution in [-0.4, -0.2) is 59.8 Å². The van der Waals surface area contributed by atoms with Crippen molar-refractivity contribution in [3.05, 3.63) is 29.8 Å². The van der Waals surface area contributed by atoms with E-state index in [1.807, 2.05) is 42.3 Å². The first-order valence-corrected chi connectivity index (χ1v) is 10.7. The molecule has 2 heterocycles. The number of hydrogen-bond donors (Lipinski definition) is 2. The summed E-state index contributed by atoms with van der Waals surface area (Å²) in [6, 6.07) is 7.10. The van der Waals surface area contributed by atoms with Gasteiger partial charge in [-0.1, -0.05) is 12.1 Å². The first-order valence-electron chi connectivity index (χ1n) is 10.7. The minimum absolute atomic E-state index is 0.0356. The van der Waals surface area contributed by atoms with Crippen molar-refractivity contribution in [2.24, 2.45) is 16.8 Å². The quantitative estimate of drug-likeness (QED) is 0.342. The van der Waals surface area contributed by atoms with E-state index in [0.717, 1.165) is 37.2 Å². The van der Waals surface area contributed by atoms with E-state index < -0.39 is 6.04 Å². The van der Waals surface area contributed by atoms with Crippen molar-refractivity contribution in [3.63, 3.8) is 0 Å². The van der Waals surface area contributed by atoms with Crippen LogP contribution >= 0.6 is 0 Å². The van der Waals surface area contributed by atoms with Crippen LogP contribution in [0.25, 0.3) is 0 Å². The van der Waals surface area contributed by atoms with E-state index in [1.165, 1.54) is 6.42 Å². The molecule has 0 bridgehead atoms. The number of benzene rings is 1. The van der Waals surface area contributed by atoms with Crippen LogP contribution < -0.4 is 10.6 Å². The fourth-order valence-corrected chi connectivity index (χ4v) is 4.39. The molecule has 3 aliphatic rings. The fourth-order valence-electron chi connectivity index (χ4n) is 4.39. The van der Waals surface area contributed by atoms with Gasteiger partial charge in [0.25, 0.3) is 0 Å². The van der Waals surface area contributed by atoms with Crippen molar-refractivity contribution in [2.75, 3.05) is 31.5 Å². The van der Waals surface area contributed by atoms with E-state index in [4.69, 9.17) is 5.26 Å². The molecule has 30 heavy (non-hydrogen) atoms. The molecule has 1 aliphatic carbocycles. The number of carbonyl (C=O) groups excluding carboxylic acids is 2. The number of guanidine groups is 1. The number of amides is 2. The van der Waals surface area contributed by atoms with Crippen LogP contribution in [0.2, 0.25) is 0 Å². The van der Waals surface area contributed by atoms with Gasteiger partial charge in [-0.3, -0.25) is 14.9 Å². The Labute approximate surface area is 176 Å². The summed E-state index contributed by atoms with van der Waals surface area (Å²) in [5.74, 6) is 1.49. The predicted octanol–water partition coefficient (Wildman–Crippen LogP) is 1.69. The third-order valence-electron chi connectivity index (χ3n) is 6.15.